The van der Waals surface area contributed by atoms with Crippen LogP contribution in [0.1, 0.15) is 79.1 Å². The van der Waals surface area contributed by atoms with Crippen molar-refractivity contribution in [2.24, 2.45) is 17.8 Å². The van der Waals surface area contributed by atoms with Gasteiger partial charge in [0.2, 0.25) is 27.7 Å². The second kappa shape index (κ2) is 17.8. The third-order valence-electron chi connectivity index (χ3n) is 13.4. The number of alkyl halides is 3. The minimum absolute atomic E-state index is 0.0188. The molecule has 1 aromatic heterocycles. The number of amides is 4. The van der Waals surface area contributed by atoms with Gasteiger partial charge in [-0.05, 0) is 76.3 Å². The van der Waals surface area contributed by atoms with Crippen molar-refractivity contribution in [1.82, 2.24) is 24.8 Å². The van der Waals surface area contributed by atoms with Crippen LogP contribution in [0.3, 0.4) is 0 Å². The van der Waals surface area contributed by atoms with Gasteiger partial charge in [0.1, 0.15) is 29.3 Å². The zero-order valence-corrected chi connectivity index (χ0v) is 37.3. The van der Waals surface area contributed by atoms with E-state index in [-0.39, 0.29) is 53.5 Å². The molecule has 3 N–H and O–H groups in total. The van der Waals surface area contributed by atoms with Crippen molar-refractivity contribution in [3.63, 3.8) is 0 Å². The normalized spacial score (nSPS) is 28.3. The number of nitrogens with one attached hydrogen (secondary N) is 2. The Morgan fingerprint density at radius 3 is 2.44 bits per heavy atom. The van der Waals surface area contributed by atoms with Crippen molar-refractivity contribution in [2.45, 2.75) is 120 Å². The van der Waals surface area contributed by atoms with Crippen molar-refractivity contribution < 1.29 is 64.5 Å². The summed E-state index contributed by atoms with van der Waals surface area (Å²) < 4.78 is 105. The summed E-state index contributed by atoms with van der Waals surface area (Å²) in [6, 6.07) is -0.833. The number of allylic oxidation sites excluding steroid dienone is 1. The van der Waals surface area contributed by atoms with Crippen LogP contribution in [0.2, 0.25) is 0 Å². The molecule has 16 nitrogen and oxygen atoms in total. The first-order valence-electron chi connectivity index (χ1n) is 21.7. The molecule has 0 unspecified atom stereocenters. The summed E-state index contributed by atoms with van der Waals surface area (Å²) in [4.78, 5) is 64.7. The first kappa shape index (κ1) is 47.1. The fourth-order valence-electron chi connectivity index (χ4n) is 9.34. The van der Waals surface area contributed by atoms with Gasteiger partial charge in [-0.2, -0.15) is 13.2 Å². The maximum Gasteiger partial charge on any atom is 0.411 e. The number of hydrogen-bond donors (Lipinski definition) is 3. The Hall–Kier alpha value is -4.92. The fourth-order valence-corrected chi connectivity index (χ4v) is 10.7. The molecule has 0 bridgehead atoms. The molecule has 3 aliphatic heterocycles. The molecule has 2 saturated heterocycles. The van der Waals surface area contributed by atoms with Gasteiger partial charge in [0, 0.05) is 36.2 Å². The second-order valence-corrected chi connectivity index (χ2v) is 20.1. The van der Waals surface area contributed by atoms with Gasteiger partial charge in [0.05, 0.1) is 44.0 Å². The molecule has 352 valence electrons. The van der Waals surface area contributed by atoms with E-state index >= 15 is 9.18 Å². The Balaban J connectivity index is 1.32. The smallest absolute Gasteiger partial charge is 0.411 e. The molecule has 0 spiro atoms. The van der Waals surface area contributed by atoms with E-state index in [1.54, 1.807) is 19.1 Å². The van der Waals surface area contributed by atoms with Crippen molar-refractivity contribution >= 4 is 50.3 Å². The minimum atomic E-state index is -5.13. The third-order valence-corrected chi connectivity index (χ3v) is 15.3. The summed E-state index contributed by atoms with van der Waals surface area (Å²) in [6.07, 6.45) is -1.61. The molecule has 4 amide bonds. The number of carboxylic acid groups (broad SMARTS) is 1. The van der Waals surface area contributed by atoms with Crippen molar-refractivity contribution in [1.29, 1.82) is 0 Å². The zero-order valence-electron chi connectivity index (χ0n) is 36.5. The lowest BCUT2D eigenvalue weighted by Crippen LogP contribution is -2.66. The van der Waals surface area contributed by atoms with Gasteiger partial charge < -0.3 is 34.4 Å². The van der Waals surface area contributed by atoms with Crippen LogP contribution >= 0.6 is 0 Å². The van der Waals surface area contributed by atoms with E-state index in [2.05, 4.69) is 15.0 Å². The Morgan fingerprint density at radius 2 is 1.81 bits per heavy atom. The number of pyridine rings is 1. The molecule has 2 aromatic rings. The molecule has 0 radical (unpaired) electrons. The Morgan fingerprint density at radius 1 is 1.11 bits per heavy atom. The number of nitrogens with zero attached hydrogens (tertiary/aromatic N) is 4. The number of rotatable bonds is 10. The Bertz CT molecular complexity index is 2290. The highest BCUT2D eigenvalue weighted by molar-refractivity contribution is 7.91. The summed E-state index contributed by atoms with van der Waals surface area (Å²) in [5.41, 5.74) is -4.21. The van der Waals surface area contributed by atoms with Gasteiger partial charge in [-0.25, -0.2) is 22.6 Å². The summed E-state index contributed by atoms with van der Waals surface area (Å²) in [7, 11) is -2.75. The number of carbonyl (C=O) groups excluding carboxylic acids is 3. The number of morpholine rings is 1. The predicted molar refractivity (Wildman–Crippen MR) is 225 cm³/mol. The van der Waals surface area contributed by atoms with E-state index in [4.69, 9.17) is 14.2 Å². The second-order valence-electron chi connectivity index (χ2n) is 18.2. The number of anilines is 1. The highest BCUT2D eigenvalue weighted by Crippen LogP contribution is 2.47. The number of methoxy groups -OCH3 is 1. The quantitative estimate of drug-likeness (QED) is 0.210. The number of ether oxygens (including phenoxy) is 3. The highest BCUT2D eigenvalue weighted by atomic mass is 32.2. The van der Waals surface area contributed by atoms with Gasteiger partial charge in [-0.15, -0.1) is 0 Å². The summed E-state index contributed by atoms with van der Waals surface area (Å²) in [5, 5.41) is 13.3. The van der Waals surface area contributed by atoms with Crippen LogP contribution in [0.25, 0.3) is 10.8 Å². The molecular formula is C43H56F4N6O10S. The van der Waals surface area contributed by atoms with Crippen LogP contribution in [-0.2, 0) is 29.1 Å². The molecule has 7 rings (SSSR count). The van der Waals surface area contributed by atoms with Crippen LogP contribution in [0.4, 0.5) is 28.0 Å². The summed E-state index contributed by atoms with van der Waals surface area (Å²) in [6.45, 7) is 6.30. The average Bonchev–Trinajstić information content (AvgIpc) is 4.16. The van der Waals surface area contributed by atoms with Crippen LogP contribution < -0.4 is 24.4 Å². The van der Waals surface area contributed by atoms with E-state index in [0.717, 1.165) is 4.90 Å². The third kappa shape index (κ3) is 9.15. The summed E-state index contributed by atoms with van der Waals surface area (Å²) >= 11 is 0. The lowest BCUT2D eigenvalue weighted by Gasteiger charge is -2.46. The monoisotopic (exact) mass is 924 g/mol. The molecule has 1 aromatic carbocycles. The van der Waals surface area contributed by atoms with Gasteiger partial charge in [-0.3, -0.25) is 24.0 Å². The number of hydrogen-bond acceptors (Lipinski definition) is 11. The van der Waals surface area contributed by atoms with E-state index in [9.17, 15) is 41.1 Å². The topological polar surface area (TPSA) is 197 Å². The molecule has 4 heterocycles. The molecular weight excluding hydrogens is 869 g/mol. The van der Waals surface area contributed by atoms with Crippen molar-refractivity contribution in [3.05, 3.63) is 36.3 Å². The number of fused-ring (bicyclic) bond motifs is 3. The molecule has 2 saturated carbocycles. The lowest BCUT2D eigenvalue weighted by atomic mass is 9.82. The molecule has 21 heteroatoms. The van der Waals surface area contributed by atoms with Crippen LogP contribution in [0.15, 0.2) is 30.5 Å². The van der Waals surface area contributed by atoms with Gasteiger partial charge in [-0.1, -0.05) is 32.4 Å². The maximum absolute atomic E-state index is 15.4. The van der Waals surface area contributed by atoms with E-state index < -0.39 is 98.7 Å². The van der Waals surface area contributed by atoms with Crippen LogP contribution in [-0.4, -0.2) is 133 Å². The number of benzene rings is 1. The standard InChI is InChI=1S/C43H56F4N6O10S/c1-6-25-17-24(2)9-7-8-10-26-21-42(26,39(56)50-64(59,60)28-11-12-28)49-36(54)32-18-27(23-52(32)38(55)35(25)53(40(57)58)41(3,4)43(45,46)47)63-37-30-19-31(44)34(61-5)20-29(30)33(22-48-37)51-13-15-62-16-14-51/h8,10,19-20,22,24-28,32,35H,6-7,9,11-18,21,23H2,1-5H3,(H,49,54)(H,50,56)(H,57,58)/t24-,25-,26-,27-,32+,35+,42-/m1/s1. The Labute approximate surface area is 369 Å². The lowest BCUT2D eigenvalue weighted by molar-refractivity contribution is -0.222. The first-order valence-corrected chi connectivity index (χ1v) is 23.3. The largest absolute Gasteiger partial charge is 0.494 e. The molecule has 5 aliphatic rings. The van der Waals surface area contributed by atoms with Gasteiger partial charge in [0.25, 0.3) is 5.91 Å². The first-order chi connectivity index (χ1) is 30.1. The molecule has 2 aliphatic carbocycles. The van der Waals surface area contributed by atoms with Crippen LogP contribution in [0.5, 0.6) is 11.6 Å². The summed E-state index contributed by atoms with van der Waals surface area (Å²) in [5.74, 6) is -5.68. The van der Waals surface area contributed by atoms with E-state index in [0.29, 0.717) is 76.9 Å². The molecule has 4 fully saturated rings. The Kier molecular flexibility index (Phi) is 13.1. The number of aromatic nitrogens is 1. The minimum Gasteiger partial charge on any atom is -0.494 e. The van der Waals surface area contributed by atoms with Gasteiger partial charge >= 0.3 is 12.3 Å². The molecule has 64 heavy (non-hydrogen) atoms. The number of carbonyl (C=O) groups is 4. The average molecular weight is 925 g/mol. The fraction of sp³-hybridized carbons (Fsp3) is 0.651. The number of sulfonamides is 1. The molecule has 7 atom stereocenters. The van der Waals surface area contributed by atoms with E-state index in [1.807, 2.05) is 11.8 Å². The van der Waals surface area contributed by atoms with Crippen molar-refractivity contribution in [2.75, 3.05) is 44.9 Å². The van der Waals surface area contributed by atoms with E-state index in [1.165, 1.54) is 25.4 Å². The van der Waals surface area contributed by atoms with Crippen molar-refractivity contribution in [3.8, 4) is 11.6 Å². The van der Waals surface area contributed by atoms with Crippen LogP contribution in [0, 0.1) is 23.6 Å². The maximum atomic E-state index is 15.4. The SMILES string of the molecule is CC[C@@H]1C[C@H](C)CCC=C[C@@H]2C[C@@]2(C(=O)NS(=O)(=O)C2CC2)NC(=O)[C@@H]2C[C@@H](Oc3ncc(N4CCOCC4)c4cc(OC)c(F)cc34)CN2C(=O)[C@H]1N(C(=O)O)C(C)(C)C(F)(F)F. The number of halogens is 4. The highest BCUT2D eigenvalue weighted by Gasteiger charge is 2.63. The van der Waals surface area contributed by atoms with Gasteiger partial charge in [0.15, 0.2) is 11.6 Å². The predicted octanol–water partition coefficient (Wildman–Crippen LogP) is 5.14. The zero-order chi connectivity index (χ0) is 46.5.